The van der Waals surface area contributed by atoms with E-state index in [0.29, 0.717) is 96.3 Å². The molecule has 1 saturated heterocycles. The number of benzene rings is 1. The molecule has 1 aromatic carbocycles. The molecule has 2 aliphatic heterocycles. The highest BCUT2D eigenvalue weighted by Crippen LogP contribution is 2.43. The number of primary amides is 1. The van der Waals surface area contributed by atoms with Crippen LogP contribution in [0.15, 0.2) is 63.3 Å². The van der Waals surface area contributed by atoms with Gasteiger partial charge >= 0.3 is 5.97 Å². The number of aliphatic carboxylic acids is 1. The second kappa shape index (κ2) is 30.2. The maximum Gasteiger partial charge on any atom is 0.306 e. The average Bonchev–Trinajstić information content (AvgIpc) is 1.61. The second-order valence-electron chi connectivity index (χ2n) is 23.1. The molecule has 5 atom stereocenters. The van der Waals surface area contributed by atoms with Crippen molar-refractivity contribution in [3.8, 4) is 49.1 Å². The Bertz CT molecular complexity index is 4060. The van der Waals surface area contributed by atoms with Crippen molar-refractivity contribution in [1.29, 1.82) is 0 Å². The van der Waals surface area contributed by atoms with Crippen molar-refractivity contribution >= 4 is 109 Å². The van der Waals surface area contributed by atoms with Gasteiger partial charge in [-0.15, -0.1) is 68.0 Å². The molecule has 2 fully saturated rings. The number of likely N-dealkylation sites (N-methyl/N-ethyl adjacent to an activating group) is 2. The Morgan fingerprint density at radius 2 is 1.35 bits per heavy atom. The fraction of sp³-hybridized carbons (Fsp3) is 0.429. The summed E-state index contributed by atoms with van der Waals surface area (Å²) in [6, 6.07) is 7.85. The highest BCUT2D eigenvalue weighted by atomic mass is 32.1. The van der Waals surface area contributed by atoms with E-state index >= 15 is 4.79 Å². The molecule has 8 aromatic rings. The predicted molar refractivity (Wildman–Crippen MR) is 360 cm³/mol. The minimum absolute atomic E-state index is 0.00767. The van der Waals surface area contributed by atoms with Crippen LogP contribution >= 0.6 is 68.0 Å². The zero-order chi connectivity index (χ0) is 66.3. The van der Waals surface area contributed by atoms with E-state index in [-0.39, 0.29) is 65.7 Å². The molecule has 25 nitrogen and oxygen atoms in total. The lowest BCUT2D eigenvalue weighted by atomic mass is 9.86. The van der Waals surface area contributed by atoms with E-state index in [1.54, 1.807) is 40.1 Å². The van der Waals surface area contributed by atoms with Crippen molar-refractivity contribution in [3.05, 3.63) is 112 Å². The van der Waals surface area contributed by atoms with Gasteiger partial charge in [0.25, 0.3) is 23.6 Å². The van der Waals surface area contributed by atoms with Crippen LogP contribution in [0.5, 0.6) is 5.75 Å². The van der Waals surface area contributed by atoms with Gasteiger partial charge in [-0.1, -0.05) is 39.8 Å². The van der Waals surface area contributed by atoms with Gasteiger partial charge in [0.2, 0.25) is 11.8 Å². The Hall–Kier alpha value is -7.88. The fourth-order valence-electron chi connectivity index (χ4n) is 11.5. The van der Waals surface area contributed by atoms with Crippen LogP contribution in [-0.2, 0) is 27.3 Å². The molecular formula is C63H71N15O10S6. The zero-order valence-corrected chi connectivity index (χ0v) is 57.1. The SMILES string of the molecule is CCN(CC)CCN(CC)CCOc1ccc(C[C@@H]2NC(=O)c3csc(n3)CNC(=O)c3nc(sc3C)[C@H](CC(N)=O)NC(=O)c3csc(n3)-c3ccc(-c4nc(C(=O)N[C@H]5CC[C@H](C(=O)O)CC5)cs4)nc3-c3csc(n3)-c3csc(n3)[C@@H]3[C@@H](C)[C@@H](O)CN3C2=O)cc1. The fourth-order valence-corrected chi connectivity index (χ4v) is 16.7. The summed E-state index contributed by atoms with van der Waals surface area (Å²) in [6.07, 6.45) is 0.781. The molecule has 1 saturated carbocycles. The minimum atomic E-state index is -1.15. The van der Waals surface area contributed by atoms with Crippen LogP contribution in [0.4, 0.5) is 0 Å². The summed E-state index contributed by atoms with van der Waals surface area (Å²) in [5.74, 6) is -4.51. The number of carboxylic acids is 1. The third-order valence-corrected chi connectivity index (χ3v) is 22.5. The predicted octanol–water partition coefficient (Wildman–Crippen LogP) is 7.72. The molecule has 0 spiro atoms. The maximum atomic E-state index is 15.3. The number of pyridine rings is 1. The number of fused-ring (bicyclic) bond motifs is 16. The molecule has 0 unspecified atom stereocenters. The molecule has 6 amide bonds. The zero-order valence-electron chi connectivity index (χ0n) is 52.2. The van der Waals surface area contributed by atoms with Crippen LogP contribution < -0.4 is 31.7 Å². The molecular weight excluding hydrogens is 1320 g/mol. The van der Waals surface area contributed by atoms with E-state index in [9.17, 15) is 39.0 Å². The molecule has 3 aliphatic rings. The molecule has 7 aromatic heterocycles. The number of nitrogens with one attached hydrogen (secondary N) is 4. The number of hydrogen-bond acceptors (Lipinski definition) is 24. The van der Waals surface area contributed by atoms with Crippen molar-refractivity contribution in [2.24, 2.45) is 17.6 Å². The van der Waals surface area contributed by atoms with Crippen LogP contribution in [0.1, 0.15) is 139 Å². The third-order valence-electron chi connectivity index (χ3n) is 17.0. The number of carbonyl (C=O) groups is 7. The summed E-state index contributed by atoms with van der Waals surface area (Å²) in [4.78, 5) is 136. The minimum Gasteiger partial charge on any atom is -0.492 e. The monoisotopic (exact) mass is 1390 g/mol. The summed E-state index contributed by atoms with van der Waals surface area (Å²) in [7, 11) is 0. The van der Waals surface area contributed by atoms with Crippen LogP contribution in [0.3, 0.4) is 0 Å². The van der Waals surface area contributed by atoms with Gasteiger partial charge in [0.1, 0.15) is 88.3 Å². The van der Waals surface area contributed by atoms with Crippen molar-refractivity contribution in [3.63, 3.8) is 0 Å². The molecule has 494 valence electrons. The van der Waals surface area contributed by atoms with Crippen LogP contribution in [-0.4, -0.2) is 172 Å². The third kappa shape index (κ3) is 15.7. The summed E-state index contributed by atoms with van der Waals surface area (Å²) >= 11 is 7.23. The quantitative estimate of drug-likeness (QED) is 0.0432. The van der Waals surface area contributed by atoms with Crippen molar-refractivity contribution in [2.45, 2.75) is 110 Å². The smallest absolute Gasteiger partial charge is 0.306 e. The van der Waals surface area contributed by atoms with E-state index in [1.807, 2.05) is 41.9 Å². The number of aryl methyl sites for hydroxylation is 1. The number of nitrogens with zero attached hydrogens (tertiary/aromatic N) is 10. The van der Waals surface area contributed by atoms with Crippen LogP contribution in [0, 0.1) is 18.8 Å². The number of rotatable bonds is 18. The van der Waals surface area contributed by atoms with E-state index in [4.69, 9.17) is 30.4 Å². The first-order valence-corrected chi connectivity index (χ1v) is 36.2. The number of ether oxygens (including phenoxy) is 1. The molecule has 11 rings (SSSR count). The number of aromatic nitrogens is 7. The number of carbonyl (C=O) groups excluding carboxylic acids is 6. The molecule has 8 N–H and O–H groups in total. The van der Waals surface area contributed by atoms with Crippen LogP contribution in [0.25, 0.3) is 43.4 Å². The van der Waals surface area contributed by atoms with Gasteiger partial charge in [0.05, 0.1) is 42.8 Å². The van der Waals surface area contributed by atoms with E-state index in [1.165, 1.54) is 45.3 Å². The Morgan fingerprint density at radius 1 is 0.691 bits per heavy atom. The molecule has 1 aliphatic carbocycles. The van der Waals surface area contributed by atoms with Crippen molar-refractivity contribution in [2.75, 3.05) is 52.4 Å². The number of nitrogens with two attached hydrogens (primary N) is 1. The first kappa shape index (κ1) is 67.5. The Labute approximate surface area is 565 Å². The van der Waals surface area contributed by atoms with Gasteiger partial charge in [-0.2, -0.15) is 0 Å². The van der Waals surface area contributed by atoms with Gasteiger partial charge in [0, 0.05) is 81.9 Å². The molecule has 10 bridgehead atoms. The number of amides is 6. The number of carboxylic acid groups (broad SMARTS) is 1. The molecule has 94 heavy (non-hydrogen) atoms. The summed E-state index contributed by atoms with van der Waals surface area (Å²) in [5, 5.41) is 43.6. The summed E-state index contributed by atoms with van der Waals surface area (Å²) in [6.45, 7) is 15.9. The van der Waals surface area contributed by atoms with Gasteiger partial charge in [-0.3, -0.25) is 38.5 Å². The van der Waals surface area contributed by atoms with Gasteiger partial charge < -0.3 is 51.8 Å². The van der Waals surface area contributed by atoms with Gasteiger partial charge in [0.15, 0.2) is 0 Å². The largest absolute Gasteiger partial charge is 0.492 e. The highest BCUT2D eigenvalue weighted by Gasteiger charge is 2.45. The molecule has 0 radical (unpaired) electrons. The number of hydrogen-bond donors (Lipinski definition) is 7. The lowest BCUT2D eigenvalue weighted by molar-refractivity contribution is -0.143. The number of aliphatic hydroxyl groups is 1. The second-order valence-corrected chi connectivity index (χ2v) is 28.8. The van der Waals surface area contributed by atoms with E-state index in [0.717, 1.165) is 67.5 Å². The van der Waals surface area contributed by atoms with E-state index < -0.39 is 71.6 Å². The molecule has 9 heterocycles. The van der Waals surface area contributed by atoms with Crippen LogP contribution in [0.2, 0.25) is 0 Å². The van der Waals surface area contributed by atoms with E-state index in [2.05, 4.69) is 66.8 Å². The lowest BCUT2D eigenvalue weighted by Gasteiger charge is -2.29. The Morgan fingerprint density at radius 3 is 2.09 bits per heavy atom. The van der Waals surface area contributed by atoms with Crippen molar-refractivity contribution < 1.29 is 48.5 Å². The first-order chi connectivity index (χ1) is 45.3. The summed E-state index contributed by atoms with van der Waals surface area (Å²) < 4.78 is 6.20. The Kier molecular flexibility index (Phi) is 21.7. The van der Waals surface area contributed by atoms with Gasteiger partial charge in [-0.05, 0) is 82.1 Å². The lowest BCUT2D eigenvalue weighted by Crippen LogP contribution is -2.50. The number of aliphatic hydroxyl groups excluding tert-OH is 1. The topological polar surface area (TPSA) is 343 Å². The standard InChI is InChI=1S/C63H71N15O10S6/c1-6-76(7-2)19-20-77(8-3)21-22-88-37-15-9-34(10-16-37)23-41-62(85)78-26-47(79)32(4)52(78)61-74-46(31-93-61)59-71-42(27-91-59)51-38(17-18-39(68-51)58-73-44(30-92-58)53(81)66-36-13-11-35(12-14-36)63(86)87)57-72-45(29-90-57)55(83)69-40(24-48(64)80)60-75-50(33(5)94-60)56(84)65-25-49-67-43(28-89-49)54(82)70-41/h9-10,15-18,27-32,35-36,40-41,47,52,79H,6-8,11-14,19-26H2,1-5H3,(H2,64,80)(H,65,84)(H,66,81)(H,69,83)(H,70,82)(H,86,87)/t32-,35-,36-,40-,41-,47-,52-/m0/s1. The Balaban J connectivity index is 0.915. The summed E-state index contributed by atoms with van der Waals surface area (Å²) in [5.41, 5.74) is 8.89. The molecule has 31 heteroatoms. The van der Waals surface area contributed by atoms with Gasteiger partial charge in [-0.25, -0.2) is 34.9 Å². The van der Waals surface area contributed by atoms with Crippen molar-refractivity contribution in [1.82, 2.24) is 70.9 Å². The first-order valence-electron chi connectivity index (χ1n) is 31.0. The highest BCUT2D eigenvalue weighted by molar-refractivity contribution is 7.15. The maximum absolute atomic E-state index is 15.3. The normalized spacial score (nSPS) is 20.3. The number of thiazole rings is 6. The average molecular weight is 1390 g/mol.